The maximum absolute atomic E-state index is 9.30. The summed E-state index contributed by atoms with van der Waals surface area (Å²) in [4.78, 5) is 0. The molecule has 1 nitrogen and oxygen atoms in total. The van der Waals surface area contributed by atoms with Gasteiger partial charge in [0.25, 0.3) is 0 Å². The van der Waals surface area contributed by atoms with Gasteiger partial charge in [-0.05, 0) is 51.6 Å². The van der Waals surface area contributed by atoms with Crippen LogP contribution in [0.15, 0.2) is 84.9 Å². The van der Waals surface area contributed by atoms with E-state index in [1.54, 1.807) is 0 Å². The molecule has 118 valence electrons. The number of nitriles is 1. The number of aryl methyl sites for hydroxylation is 1. The molecule has 1 heteroatoms. The summed E-state index contributed by atoms with van der Waals surface area (Å²) in [6, 6.07) is 31.3. The van der Waals surface area contributed by atoms with E-state index in [1.165, 1.54) is 27.5 Å². The summed E-state index contributed by atoms with van der Waals surface area (Å²) in [7, 11) is 0. The fraction of sp³-hybridized carbons (Fsp3) is 0.0417. The molecule has 0 bridgehead atoms. The minimum absolute atomic E-state index is 0.706. The molecule has 0 unspecified atom stereocenters. The van der Waals surface area contributed by atoms with Crippen LogP contribution in [0.2, 0.25) is 0 Å². The first-order valence-electron chi connectivity index (χ1n) is 8.36. The van der Waals surface area contributed by atoms with Crippen LogP contribution >= 0.6 is 0 Å². The van der Waals surface area contributed by atoms with Gasteiger partial charge in [0.2, 0.25) is 0 Å². The van der Waals surface area contributed by atoms with Gasteiger partial charge in [0.1, 0.15) is 0 Å². The molecule has 0 spiro atoms. The molecule has 0 atom stereocenters. The number of rotatable bonds is 2. The number of fused-ring (bicyclic) bond motifs is 1. The lowest BCUT2D eigenvalue weighted by Gasteiger charge is -2.11. The molecule has 0 saturated heterocycles. The maximum atomic E-state index is 9.30. The molecular formula is C24H17N. The Balaban J connectivity index is 1.79. The molecule has 0 amide bonds. The molecule has 4 aromatic rings. The predicted octanol–water partition coefficient (Wildman–Crippen LogP) is 6.35. The molecule has 4 rings (SSSR count). The molecular weight excluding hydrogens is 302 g/mol. The summed E-state index contributed by atoms with van der Waals surface area (Å²) in [6.07, 6.45) is 0. The van der Waals surface area contributed by atoms with Crippen LogP contribution in [0.25, 0.3) is 33.0 Å². The molecule has 25 heavy (non-hydrogen) atoms. The normalized spacial score (nSPS) is 10.6. The van der Waals surface area contributed by atoms with Gasteiger partial charge in [-0.1, -0.05) is 78.9 Å². The van der Waals surface area contributed by atoms with Crippen molar-refractivity contribution in [2.45, 2.75) is 6.92 Å². The van der Waals surface area contributed by atoms with Crippen molar-refractivity contribution in [3.8, 4) is 28.3 Å². The Morgan fingerprint density at radius 3 is 2.04 bits per heavy atom. The van der Waals surface area contributed by atoms with Crippen LogP contribution in [0.5, 0.6) is 0 Å². The smallest absolute Gasteiger partial charge is 0.0998 e. The second-order valence-corrected chi connectivity index (χ2v) is 6.19. The average Bonchev–Trinajstić information content (AvgIpc) is 2.69. The highest BCUT2D eigenvalue weighted by Gasteiger charge is 2.08. The summed E-state index contributed by atoms with van der Waals surface area (Å²) >= 11 is 0. The highest BCUT2D eigenvalue weighted by Crippen LogP contribution is 2.31. The van der Waals surface area contributed by atoms with Crippen molar-refractivity contribution in [3.63, 3.8) is 0 Å². The second kappa shape index (κ2) is 6.26. The molecule has 0 aromatic heterocycles. The van der Waals surface area contributed by atoms with Crippen LogP contribution in [-0.4, -0.2) is 0 Å². The van der Waals surface area contributed by atoms with Gasteiger partial charge in [-0.25, -0.2) is 0 Å². The summed E-state index contributed by atoms with van der Waals surface area (Å²) in [5.41, 5.74) is 6.49. The first-order chi connectivity index (χ1) is 12.3. The van der Waals surface area contributed by atoms with E-state index in [2.05, 4.69) is 73.7 Å². The van der Waals surface area contributed by atoms with Gasteiger partial charge in [0.15, 0.2) is 0 Å². The van der Waals surface area contributed by atoms with Crippen LogP contribution < -0.4 is 0 Å². The van der Waals surface area contributed by atoms with Crippen molar-refractivity contribution in [1.29, 1.82) is 5.26 Å². The number of hydrogen-bond donors (Lipinski definition) is 0. The van der Waals surface area contributed by atoms with Gasteiger partial charge >= 0.3 is 0 Å². The zero-order chi connectivity index (χ0) is 17.2. The molecule has 0 fully saturated rings. The third kappa shape index (κ3) is 2.69. The minimum atomic E-state index is 0.706. The summed E-state index contributed by atoms with van der Waals surface area (Å²) in [5.74, 6) is 0. The third-order valence-electron chi connectivity index (χ3n) is 4.75. The Hall–Kier alpha value is -3.37. The van der Waals surface area contributed by atoms with E-state index in [0.29, 0.717) is 5.56 Å². The standard InChI is InChI=1S/C24H17N/c1-17-22-8-4-2-6-18(22)14-15-23(17)19-10-12-20(13-11-19)24-9-5-3-7-21(24)16-25/h2-15H,1H3. The van der Waals surface area contributed by atoms with Gasteiger partial charge in [0.05, 0.1) is 11.6 Å². The van der Waals surface area contributed by atoms with Crippen LogP contribution in [0, 0.1) is 18.3 Å². The zero-order valence-corrected chi connectivity index (χ0v) is 14.0. The third-order valence-corrected chi connectivity index (χ3v) is 4.75. The van der Waals surface area contributed by atoms with E-state index >= 15 is 0 Å². The summed E-state index contributed by atoms with van der Waals surface area (Å²) in [6.45, 7) is 2.18. The fourth-order valence-electron chi connectivity index (χ4n) is 3.40. The van der Waals surface area contributed by atoms with E-state index in [1.807, 2.05) is 24.3 Å². The van der Waals surface area contributed by atoms with Crippen LogP contribution in [0.4, 0.5) is 0 Å². The van der Waals surface area contributed by atoms with Gasteiger partial charge in [-0.3, -0.25) is 0 Å². The molecule has 4 aromatic carbocycles. The molecule has 0 aliphatic heterocycles. The highest BCUT2D eigenvalue weighted by molar-refractivity contribution is 5.91. The maximum Gasteiger partial charge on any atom is 0.0998 e. The van der Waals surface area contributed by atoms with Gasteiger partial charge < -0.3 is 0 Å². The largest absolute Gasteiger partial charge is 0.192 e. The molecule has 0 N–H and O–H groups in total. The van der Waals surface area contributed by atoms with Crippen molar-refractivity contribution in [2.75, 3.05) is 0 Å². The zero-order valence-electron chi connectivity index (χ0n) is 14.0. The summed E-state index contributed by atoms with van der Waals surface area (Å²) in [5, 5.41) is 11.9. The van der Waals surface area contributed by atoms with Crippen LogP contribution in [0.1, 0.15) is 11.1 Å². The van der Waals surface area contributed by atoms with Gasteiger partial charge in [-0.2, -0.15) is 5.26 Å². The number of hydrogen-bond acceptors (Lipinski definition) is 1. The lowest BCUT2D eigenvalue weighted by molar-refractivity contribution is 1.47. The lowest BCUT2D eigenvalue weighted by atomic mass is 9.93. The lowest BCUT2D eigenvalue weighted by Crippen LogP contribution is -1.87. The topological polar surface area (TPSA) is 23.8 Å². The quantitative estimate of drug-likeness (QED) is 0.422. The predicted molar refractivity (Wildman–Crippen MR) is 104 cm³/mol. The van der Waals surface area contributed by atoms with E-state index in [4.69, 9.17) is 0 Å². The van der Waals surface area contributed by atoms with E-state index in [0.717, 1.165) is 11.1 Å². The summed E-state index contributed by atoms with van der Waals surface area (Å²) < 4.78 is 0. The van der Waals surface area contributed by atoms with Crippen molar-refractivity contribution in [2.24, 2.45) is 0 Å². The van der Waals surface area contributed by atoms with E-state index in [-0.39, 0.29) is 0 Å². The first kappa shape index (κ1) is 15.2. The SMILES string of the molecule is Cc1c(-c2ccc(-c3ccccc3C#N)cc2)ccc2ccccc12. The molecule has 0 aliphatic rings. The molecule has 0 radical (unpaired) electrons. The Labute approximate surface area is 147 Å². The van der Waals surface area contributed by atoms with Crippen LogP contribution in [-0.2, 0) is 0 Å². The molecule has 0 saturated carbocycles. The van der Waals surface area contributed by atoms with E-state index in [9.17, 15) is 5.26 Å². The Morgan fingerprint density at radius 2 is 1.28 bits per heavy atom. The van der Waals surface area contributed by atoms with Crippen molar-refractivity contribution < 1.29 is 0 Å². The Kier molecular flexibility index (Phi) is 3.80. The number of benzene rings is 4. The molecule has 0 heterocycles. The monoisotopic (exact) mass is 319 g/mol. The van der Waals surface area contributed by atoms with Crippen molar-refractivity contribution in [3.05, 3.63) is 96.1 Å². The van der Waals surface area contributed by atoms with Crippen molar-refractivity contribution in [1.82, 2.24) is 0 Å². The fourth-order valence-corrected chi connectivity index (χ4v) is 3.40. The Morgan fingerprint density at radius 1 is 0.640 bits per heavy atom. The number of nitrogens with zero attached hydrogens (tertiary/aromatic N) is 1. The van der Waals surface area contributed by atoms with Gasteiger partial charge in [0, 0.05) is 0 Å². The van der Waals surface area contributed by atoms with Crippen molar-refractivity contribution >= 4 is 10.8 Å². The van der Waals surface area contributed by atoms with E-state index < -0.39 is 0 Å². The highest BCUT2D eigenvalue weighted by atomic mass is 14.2. The van der Waals surface area contributed by atoms with Crippen LogP contribution in [0.3, 0.4) is 0 Å². The second-order valence-electron chi connectivity index (χ2n) is 6.19. The average molecular weight is 319 g/mol. The Bertz CT molecular complexity index is 1100. The minimum Gasteiger partial charge on any atom is -0.192 e. The first-order valence-corrected chi connectivity index (χ1v) is 8.36. The van der Waals surface area contributed by atoms with Gasteiger partial charge in [-0.15, -0.1) is 0 Å². The molecule has 0 aliphatic carbocycles.